The minimum absolute atomic E-state index is 0.118. The molecule has 3 rings (SSSR count). The molecule has 0 aliphatic rings. The molecule has 0 atom stereocenters. The van der Waals surface area contributed by atoms with Crippen LogP contribution in [0.4, 0.5) is 21.0 Å². The molecular formula is C21H23FN4O2S. The monoisotopic (exact) mass is 414 g/mol. The van der Waals surface area contributed by atoms with Crippen molar-refractivity contribution in [2.45, 2.75) is 6.92 Å². The Kier molecular flexibility index (Phi) is 6.46. The Morgan fingerprint density at radius 2 is 1.97 bits per heavy atom. The van der Waals surface area contributed by atoms with Gasteiger partial charge in [-0.3, -0.25) is 4.79 Å². The van der Waals surface area contributed by atoms with Crippen LogP contribution in [-0.4, -0.2) is 42.9 Å². The molecule has 0 saturated carbocycles. The number of aromatic nitrogens is 1. The van der Waals surface area contributed by atoms with Crippen LogP contribution in [0.3, 0.4) is 0 Å². The average molecular weight is 415 g/mol. The van der Waals surface area contributed by atoms with Gasteiger partial charge in [-0.25, -0.2) is 9.37 Å². The number of carbonyl (C=O) groups excluding carboxylic acids is 1. The fourth-order valence-corrected chi connectivity index (χ4v) is 3.38. The Morgan fingerprint density at radius 3 is 2.62 bits per heavy atom. The third kappa shape index (κ3) is 5.30. The lowest BCUT2D eigenvalue weighted by atomic mass is 10.1. The second kappa shape index (κ2) is 9.02. The summed E-state index contributed by atoms with van der Waals surface area (Å²) >= 11 is 1.13. The first kappa shape index (κ1) is 20.8. The minimum atomic E-state index is -0.426. The highest BCUT2D eigenvalue weighted by molar-refractivity contribution is 7.18. The Balaban J connectivity index is 1.68. The molecule has 0 bridgehead atoms. The minimum Gasteiger partial charge on any atom is -0.492 e. The molecular weight excluding hydrogens is 391 g/mol. The summed E-state index contributed by atoms with van der Waals surface area (Å²) in [4.78, 5) is 19.2. The predicted molar refractivity (Wildman–Crippen MR) is 115 cm³/mol. The highest BCUT2D eigenvalue weighted by atomic mass is 32.1. The number of anilines is 3. The molecule has 0 aliphatic carbocycles. The van der Waals surface area contributed by atoms with Crippen molar-refractivity contribution in [1.29, 1.82) is 0 Å². The lowest BCUT2D eigenvalue weighted by Gasteiger charge is -2.11. The van der Waals surface area contributed by atoms with E-state index in [4.69, 9.17) is 10.5 Å². The number of halogens is 1. The van der Waals surface area contributed by atoms with E-state index in [2.05, 4.69) is 10.3 Å². The highest BCUT2D eigenvalue weighted by Gasteiger charge is 2.19. The molecule has 0 aliphatic heterocycles. The smallest absolute Gasteiger partial charge is 0.206 e. The van der Waals surface area contributed by atoms with Crippen molar-refractivity contribution in [2.24, 2.45) is 0 Å². The number of ether oxygens (including phenoxy) is 1. The number of ketones is 1. The first-order valence-corrected chi connectivity index (χ1v) is 9.87. The van der Waals surface area contributed by atoms with Crippen molar-refractivity contribution in [1.82, 2.24) is 9.88 Å². The molecule has 0 unspecified atom stereocenters. The summed E-state index contributed by atoms with van der Waals surface area (Å²) in [5.74, 6) is 0.113. The number of nitrogens with zero attached hydrogens (tertiary/aromatic N) is 2. The number of rotatable bonds is 8. The maximum atomic E-state index is 13.8. The summed E-state index contributed by atoms with van der Waals surface area (Å²) < 4.78 is 19.4. The van der Waals surface area contributed by atoms with E-state index in [0.717, 1.165) is 29.3 Å². The topological polar surface area (TPSA) is 80.5 Å². The standard InChI is InChI=1S/C21H23FN4O2S/c1-13-4-5-14(12-17(13)22)18(27)19-20(23)25-21(29-19)24-15-6-8-16(9-7-15)28-11-10-26(2)3/h4-9,12H,10-11,23H2,1-3H3,(H,24,25). The van der Waals surface area contributed by atoms with Gasteiger partial charge in [-0.2, -0.15) is 0 Å². The van der Waals surface area contributed by atoms with Crippen molar-refractivity contribution in [3.63, 3.8) is 0 Å². The molecule has 0 saturated heterocycles. The quantitative estimate of drug-likeness (QED) is 0.541. The molecule has 152 valence electrons. The van der Waals surface area contributed by atoms with E-state index >= 15 is 0 Å². The Hall–Kier alpha value is -2.97. The van der Waals surface area contributed by atoms with E-state index < -0.39 is 5.82 Å². The summed E-state index contributed by atoms with van der Waals surface area (Å²) in [6.07, 6.45) is 0. The van der Waals surface area contributed by atoms with Crippen LogP contribution < -0.4 is 15.8 Å². The fraction of sp³-hybridized carbons (Fsp3) is 0.238. The molecule has 1 heterocycles. The van der Waals surface area contributed by atoms with Gasteiger partial charge in [0.1, 0.15) is 28.9 Å². The second-order valence-corrected chi connectivity index (χ2v) is 7.83. The maximum absolute atomic E-state index is 13.8. The zero-order chi connectivity index (χ0) is 21.0. The van der Waals surface area contributed by atoms with Crippen molar-refractivity contribution < 1.29 is 13.9 Å². The SMILES string of the molecule is Cc1ccc(C(=O)c2sc(Nc3ccc(OCCN(C)C)cc3)nc2N)cc1F. The molecule has 0 amide bonds. The van der Waals surface area contributed by atoms with Gasteiger partial charge in [-0.1, -0.05) is 23.5 Å². The predicted octanol–water partition coefficient (Wildman–Crippen LogP) is 4.09. The molecule has 2 aromatic carbocycles. The van der Waals surface area contributed by atoms with Crippen LogP contribution in [0, 0.1) is 12.7 Å². The number of nitrogens with one attached hydrogen (secondary N) is 1. The van der Waals surface area contributed by atoms with Crippen LogP contribution in [0.25, 0.3) is 0 Å². The van der Waals surface area contributed by atoms with E-state index in [1.807, 2.05) is 43.3 Å². The van der Waals surface area contributed by atoms with E-state index in [0.29, 0.717) is 17.3 Å². The van der Waals surface area contributed by atoms with Gasteiger partial charge >= 0.3 is 0 Å². The summed E-state index contributed by atoms with van der Waals surface area (Å²) in [7, 11) is 3.98. The third-order valence-corrected chi connectivity index (χ3v) is 5.19. The number of aryl methyl sites for hydroxylation is 1. The molecule has 3 aromatic rings. The molecule has 29 heavy (non-hydrogen) atoms. The lowest BCUT2D eigenvalue weighted by molar-refractivity contribution is 0.104. The largest absolute Gasteiger partial charge is 0.492 e. The van der Waals surface area contributed by atoms with Crippen LogP contribution in [0.2, 0.25) is 0 Å². The Labute approximate surface area is 173 Å². The molecule has 6 nitrogen and oxygen atoms in total. The molecule has 0 spiro atoms. The van der Waals surface area contributed by atoms with Crippen LogP contribution >= 0.6 is 11.3 Å². The second-order valence-electron chi connectivity index (χ2n) is 6.83. The maximum Gasteiger partial charge on any atom is 0.206 e. The number of benzene rings is 2. The van der Waals surface area contributed by atoms with Gasteiger partial charge in [0.25, 0.3) is 0 Å². The molecule has 1 aromatic heterocycles. The summed E-state index contributed by atoms with van der Waals surface area (Å²) in [6.45, 7) is 3.08. The van der Waals surface area contributed by atoms with Crippen LogP contribution in [0.1, 0.15) is 20.8 Å². The number of carbonyl (C=O) groups is 1. The number of hydrogen-bond donors (Lipinski definition) is 2. The number of likely N-dealkylation sites (N-methyl/N-ethyl adjacent to an activating group) is 1. The summed E-state index contributed by atoms with van der Waals surface area (Å²) in [5.41, 5.74) is 7.44. The molecule has 0 fully saturated rings. The Morgan fingerprint density at radius 1 is 1.24 bits per heavy atom. The van der Waals surface area contributed by atoms with Crippen LogP contribution in [0.5, 0.6) is 5.75 Å². The Bertz CT molecular complexity index is 1000. The third-order valence-electron chi connectivity index (χ3n) is 4.21. The summed E-state index contributed by atoms with van der Waals surface area (Å²) in [5, 5.41) is 3.62. The number of nitrogens with two attached hydrogens (primary N) is 1. The summed E-state index contributed by atoms with van der Waals surface area (Å²) in [6, 6.07) is 11.8. The van der Waals surface area contributed by atoms with Crippen molar-refractivity contribution in [2.75, 3.05) is 38.3 Å². The van der Waals surface area contributed by atoms with Gasteiger partial charge in [0.2, 0.25) is 5.78 Å². The van der Waals surface area contributed by atoms with Gasteiger partial charge in [0.15, 0.2) is 5.13 Å². The lowest BCUT2D eigenvalue weighted by Crippen LogP contribution is -2.19. The van der Waals surface area contributed by atoms with Crippen molar-refractivity contribution in [3.8, 4) is 5.75 Å². The molecule has 3 N–H and O–H groups in total. The first-order chi connectivity index (χ1) is 13.8. The average Bonchev–Trinajstić information content (AvgIpc) is 3.04. The van der Waals surface area contributed by atoms with E-state index in [9.17, 15) is 9.18 Å². The van der Waals surface area contributed by atoms with Crippen LogP contribution in [0.15, 0.2) is 42.5 Å². The van der Waals surface area contributed by atoms with Gasteiger partial charge in [0.05, 0.1) is 0 Å². The number of nitrogen functional groups attached to an aromatic ring is 1. The van der Waals surface area contributed by atoms with Gasteiger partial charge in [0, 0.05) is 17.8 Å². The first-order valence-electron chi connectivity index (χ1n) is 9.05. The molecule has 8 heteroatoms. The highest BCUT2D eigenvalue weighted by Crippen LogP contribution is 2.30. The fourth-order valence-electron chi connectivity index (χ4n) is 2.52. The zero-order valence-electron chi connectivity index (χ0n) is 16.5. The van der Waals surface area contributed by atoms with E-state index in [1.54, 1.807) is 19.1 Å². The number of thiazole rings is 1. The van der Waals surface area contributed by atoms with E-state index in [1.165, 1.54) is 6.07 Å². The van der Waals surface area contributed by atoms with Gasteiger partial charge in [-0.05, 0) is 56.9 Å². The van der Waals surface area contributed by atoms with Crippen LogP contribution in [-0.2, 0) is 0 Å². The van der Waals surface area contributed by atoms with Crippen molar-refractivity contribution in [3.05, 3.63) is 64.3 Å². The van der Waals surface area contributed by atoms with Crippen molar-refractivity contribution >= 4 is 33.8 Å². The molecule has 0 radical (unpaired) electrons. The van der Waals surface area contributed by atoms with E-state index in [-0.39, 0.29) is 22.0 Å². The normalized spacial score (nSPS) is 10.9. The zero-order valence-corrected chi connectivity index (χ0v) is 17.3. The number of hydrogen-bond acceptors (Lipinski definition) is 7. The van der Waals surface area contributed by atoms with Gasteiger partial charge in [-0.15, -0.1) is 0 Å². The van der Waals surface area contributed by atoms with Gasteiger partial charge < -0.3 is 20.7 Å².